The summed E-state index contributed by atoms with van der Waals surface area (Å²) in [6.07, 6.45) is 3.67. The summed E-state index contributed by atoms with van der Waals surface area (Å²) in [5.41, 5.74) is 2.24. The molecule has 1 amide bonds. The normalized spacial score (nSPS) is 16.9. The third kappa shape index (κ3) is 5.92. The first-order valence-corrected chi connectivity index (χ1v) is 9.47. The summed E-state index contributed by atoms with van der Waals surface area (Å²) in [5, 5.41) is 3.41. The van der Waals surface area contributed by atoms with E-state index in [1.54, 1.807) is 11.1 Å². The minimum absolute atomic E-state index is 0. The monoisotopic (exact) mass is 404 g/mol. The number of nitrogens with zero attached hydrogens (tertiary/aromatic N) is 3. The van der Waals surface area contributed by atoms with E-state index in [0.717, 1.165) is 36.5 Å². The summed E-state index contributed by atoms with van der Waals surface area (Å²) < 4.78 is 5.47. The fraction of sp³-hybridized carbons (Fsp3) is 0.429. The average molecular weight is 405 g/mol. The van der Waals surface area contributed by atoms with Gasteiger partial charge in [-0.3, -0.25) is 14.7 Å². The Bertz CT molecular complexity index is 727. The predicted molar refractivity (Wildman–Crippen MR) is 113 cm³/mol. The molecule has 0 saturated carbocycles. The van der Waals surface area contributed by atoms with Gasteiger partial charge in [-0.15, -0.1) is 12.4 Å². The Balaban J connectivity index is 0.00000280. The molecule has 1 atom stereocenters. The van der Waals surface area contributed by atoms with Crippen LogP contribution in [0.5, 0.6) is 5.75 Å². The van der Waals surface area contributed by atoms with Crippen LogP contribution in [0.2, 0.25) is 0 Å². The number of aromatic nitrogens is 1. The number of piperazine rings is 1. The van der Waals surface area contributed by atoms with Crippen molar-refractivity contribution in [1.29, 1.82) is 0 Å². The number of likely N-dealkylation sites (N-methyl/N-ethyl adjacent to an activating group) is 1. The Morgan fingerprint density at radius 3 is 2.79 bits per heavy atom. The largest absolute Gasteiger partial charge is 0.494 e. The first-order valence-electron chi connectivity index (χ1n) is 9.47. The number of pyridine rings is 1. The van der Waals surface area contributed by atoms with Gasteiger partial charge in [0.05, 0.1) is 13.2 Å². The van der Waals surface area contributed by atoms with Gasteiger partial charge in [0.25, 0.3) is 0 Å². The van der Waals surface area contributed by atoms with Gasteiger partial charge in [0.1, 0.15) is 5.75 Å². The second-order valence-corrected chi connectivity index (χ2v) is 6.80. The van der Waals surface area contributed by atoms with Crippen LogP contribution < -0.4 is 10.1 Å². The lowest BCUT2D eigenvalue weighted by atomic mass is 10.1. The number of hydrogen-bond donors (Lipinski definition) is 1. The molecule has 0 bridgehead atoms. The van der Waals surface area contributed by atoms with Gasteiger partial charge in [-0.05, 0) is 36.2 Å². The first-order chi connectivity index (χ1) is 13.2. The fourth-order valence-electron chi connectivity index (χ4n) is 3.35. The molecule has 1 aliphatic heterocycles. The van der Waals surface area contributed by atoms with Gasteiger partial charge in [0.2, 0.25) is 5.91 Å². The summed E-state index contributed by atoms with van der Waals surface area (Å²) in [6.45, 7) is 6.20. The highest BCUT2D eigenvalue weighted by Crippen LogP contribution is 2.21. The van der Waals surface area contributed by atoms with Gasteiger partial charge in [-0.25, -0.2) is 0 Å². The molecule has 28 heavy (non-hydrogen) atoms. The Kier molecular flexibility index (Phi) is 8.70. The molecule has 1 saturated heterocycles. The Morgan fingerprint density at radius 1 is 1.32 bits per heavy atom. The van der Waals surface area contributed by atoms with Gasteiger partial charge in [-0.2, -0.15) is 0 Å². The quantitative estimate of drug-likeness (QED) is 0.768. The van der Waals surface area contributed by atoms with Crippen LogP contribution in [0.15, 0.2) is 48.8 Å². The molecule has 1 unspecified atom stereocenters. The predicted octanol–water partition coefficient (Wildman–Crippen LogP) is 2.51. The summed E-state index contributed by atoms with van der Waals surface area (Å²) >= 11 is 0. The van der Waals surface area contributed by atoms with E-state index in [1.807, 2.05) is 50.5 Å². The molecule has 1 aromatic carbocycles. The number of carbonyl (C=O) groups excluding carboxylic acids is 1. The summed E-state index contributed by atoms with van der Waals surface area (Å²) in [6, 6.07) is 12.1. The van der Waals surface area contributed by atoms with Crippen molar-refractivity contribution < 1.29 is 9.53 Å². The van der Waals surface area contributed by atoms with E-state index in [4.69, 9.17) is 4.74 Å². The van der Waals surface area contributed by atoms with E-state index in [-0.39, 0.29) is 24.4 Å². The van der Waals surface area contributed by atoms with Crippen LogP contribution in [0, 0.1) is 0 Å². The van der Waals surface area contributed by atoms with E-state index >= 15 is 0 Å². The lowest BCUT2D eigenvalue weighted by molar-refractivity contribution is -0.132. The molecular formula is C21H29ClN4O2. The maximum Gasteiger partial charge on any atom is 0.236 e. The second-order valence-electron chi connectivity index (χ2n) is 6.80. The standard InChI is InChI=1S/C21H28N4O2.ClH/c1-3-27-19-8-6-17(7-9-19)15-24(2)21(26)16-25-12-11-23-14-20(25)18-5-4-10-22-13-18;/h4-10,13,20,23H,3,11-12,14-16H2,1-2H3;1H. The summed E-state index contributed by atoms with van der Waals surface area (Å²) in [5.74, 6) is 0.982. The highest BCUT2D eigenvalue weighted by atomic mass is 35.5. The highest BCUT2D eigenvalue weighted by molar-refractivity contribution is 5.85. The zero-order chi connectivity index (χ0) is 19.1. The molecule has 152 valence electrons. The molecular weight excluding hydrogens is 376 g/mol. The van der Waals surface area contributed by atoms with Gasteiger partial charge < -0.3 is 15.0 Å². The molecule has 6 nitrogen and oxygen atoms in total. The van der Waals surface area contributed by atoms with Crippen molar-refractivity contribution >= 4 is 18.3 Å². The average Bonchev–Trinajstić information content (AvgIpc) is 2.70. The second kappa shape index (κ2) is 11.0. The third-order valence-corrected chi connectivity index (χ3v) is 4.84. The van der Waals surface area contributed by atoms with Crippen molar-refractivity contribution in [3.05, 3.63) is 59.9 Å². The number of halogens is 1. The number of carbonyl (C=O) groups is 1. The van der Waals surface area contributed by atoms with Crippen LogP contribution in [0.1, 0.15) is 24.1 Å². The van der Waals surface area contributed by atoms with E-state index in [9.17, 15) is 4.79 Å². The minimum Gasteiger partial charge on any atom is -0.494 e. The molecule has 7 heteroatoms. The highest BCUT2D eigenvalue weighted by Gasteiger charge is 2.26. The van der Waals surface area contributed by atoms with Crippen molar-refractivity contribution in [2.75, 3.05) is 39.8 Å². The third-order valence-electron chi connectivity index (χ3n) is 4.84. The molecule has 1 aromatic heterocycles. The Morgan fingerprint density at radius 2 is 2.11 bits per heavy atom. The smallest absolute Gasteiger partial charge is 0.236 e. The minimum atomic E-state index is 0. The lowest BCUT2D eigenvalue weighted by Crippen LogP contribution is -2.49. The van der Waals surface area contributed by atoms with Crippen LogP contribution in [-0.4, -0.2) is 60.5 Å². The van der Waals surface area contributed by atoms with Crippen LogP contribution >= 0.6 is 12.4 Å². The maximum atomic E-state index is 12.8. The SMILES string of the molecule is CCOc1ccc(CN(C)C(=O)CN2CCNCC2c2cccnc2)cc1.Cl. The first kappa shape index (κ1) is 22.1. The summed E-state index contributed by atoms with van der Waals surface area (Å²) in [7, 11) is 1.86. The summed E-state index contributed by atoms with van der Waals surface area (Å²) in [4.78, 5) is 21.0. The van der Waals surface area contributed by atoms with Crippen molar-refractivity contribution in [3.8, 4) is 5.75 Å². The Labute approximate surface area is 173 Å². The maximum absolute atomic E-state index is 12.8. The molecule has 0 radical (unpaired) electrons. The molecule has 3 rings (SSSR count). The van der Waals surface area contributed by atoms with Gasteiger partial charge in [-0.1, -0.05) is 18.2 Å². The molecule has 2 aromatic rings. The van der Waals surface area contributed by atoms with Gasteiger partial charge >= 0.3 is 0 Å². The van der Waals surface area contributed by atoms with Crippen LogP contribution in [0.4, 0.5) is 0 Å². The van der Waals surface area contributed by atoms with Crippen LogP contribution in [-0.2, 0) is 11.3 Å². The van der Waals surface area contributed by atoms with Crippen molar-refractivity contribution in [2.45, 2.75) is 19.5 Å². The number of ether oxygens (including phenoxy) is 1. The molecule has 1 fully saturated rings. The number of amides is 1. The van der Waals surface area contributed by atoms with Crippen molar-refractivity contribution in [3.63, 3.8) is 0 Å². The zero-order valence-electron chi connectivity index (χ0n) is 16.5. The molecule has 1 N–H and O–H groups in total. The lowest BCUT2D eigenvalue weighted by Gasteiger charge is -2.36. The van der Waals surface area contributed by atoms with E-state index in [0.29, 0.717) is 19.7 Å². The van der Waals surface area contributed by atoms with E-state index in [1.165, 1.54) is 0 Å². The van der Waals surface area contributed by atoms with Gasteiger partial charge in [0.15, 0.2) is 0 Å². The topological polar surface area (TPSA) is 57.7 Å². The molecule has 0 aliphatic carbocycles. The van der Waals surface area contributed by atoms with E-state index in [2.05, 4.69) is 21.3 Å². The number of nitrogens with one attached hydrogen (secondary N) is 1. The number of hydrogen-bond acceptors (Lipinski definition) is 5. The zero-order valence-corrected chi connectivity index (χ0v) is 17.3. The van der Waals surface area contributed by atoms with E-state index < -0.39 is 0 Å². The van der Waals surface area contributed by atoms with Crippen LogP contribution in [0.25, 0.3) is 0 Å². The van der Waals surface area contributed by atoms with Crippen LogP contribution in [0.3, 0.4) is 0 Å². The number of benzene rings is 1. The molecule has 1 aliphatic rings. The van der Waals surface area contributed by atoms with Crippen molar-refractivity contribution in [2.24, 2.45) is 0 Å². The van der Waals surface area contributed by atoms with Gasteiger partial charge in [0, 0.05) is 51.7 Å². The number of rotatable bonds is 7. The fourth-order valence-corrected chi connectivity index (χ4v) is 3.35. The molecule has 2 heterocycles. The molecule has 0 spiro atoms. The Hall–Kier alpha value is -2.15. The van der Waals surface area contributed by atoms with Crippen molar-refractivity contribution in [1.82, 2.24) is 20.1 Å².